The SMILES string of the molecule is CC(C)S(=O)(=O)NC(C)(C)CCl. The van der Waals surface area contributed by atoms with Gasteiger partial charge in [-0.1, -0.05) is 0 Å². The Morgan fingerprint density at radius 2 is 1.83 bits per heavy atom. The van der Waals surface area contributed by atoms with Crippen LogP contribution in [0, 0.1) is 0 Å². The molecule has 0 heterocycles. The lowest BCUT2D eigenvalue weighted by molar-refractivity contribution is 0.491. The van der Waals surface area contributed by atoms with Crippen LogP contribution in [0.1, 0.15) is 27.7 Å². The Balaban J connectivity index is 4.47. The van der Waals surface area contributed by atoms with Crippen LogP contribution in [0.3, 0.4) is 0 Å². The molecule has 0 rings (SSSR count). The molecule has 0 saturated heterocycles. The van der Waals surface area contributed by atoms with E-state index in [-0.39, 0.29) is 5.88 Å². The average molecular weight is 214 g/mol. The van der Waals surface area contributed by atoms with Crippen molar-refractivity contribution in [2.75, 3.05) is 5.88 Å². The third-order valence-corrected chi connectivity index (χ3v) is 4.12. The van der Waals surface area contributed by atoms with E-state index >= 15 is 0 Å². The number of hydrogen-bond donors (Lipinski definition) is 1. The Morgan fingerprint density at radius 1 is 1.42 bits per heavy atom. The maximum Gasteiger partial charge on any atom is 0.214 e. The van der Waals surface area contributed by atoms with Gasteiger partial charge >= 0.3 is 0 Å². The van der Waals surface area contributed by atoms with Gasteiger partial charge in [0.25, 0.3) is 0 Å². The summed E-state index contributed by atoms with van der Waals surface area (Å²) in [6.45, 7) is 6.76. The van der Waals surface area contributed by atoms with Gasteiger partial charge < -0.3 is 0 Å². The molecule has 0 fully saturated rings. The van der Waals surface area contributed by atoms with Crippen molar-refractivity contribution in [3.05, 3.63) is 0 Å². The van der Waals surface area contributed by atoms with Crippen LogP contribution in [0.15, 0.2) is 0 Å². The maximum absolute atomic E-state index is 11.3. The van der Waals surface area contributed by atoms with Gasteiger partial charge in [0.1, 0.15) is 0 Å². The molecule has 1 N–H and O–H groups in total. The zero-order valence-electron chi connectivity index (χ0n) is 7.89. The van der Waals surface area contributed by atoms with Crippen LogP contribution in [0.2, 0.25) is 0 Å². The number of alkyl halides is 1. The summed E-state index contributed by atoms with van der Waals surface area (Å²) in [5, 5.41) is -0.417. The van der Waals surface area contributed by atoms with Gasteiger partial charge in [-0.05, 0) is 27.7 Å². The number of nitrogens with one attached hydrogen (secondary N) is 1. The second-order valence-corrected chi connectivity index (χ2v) is 6.22. The highest BCUT2D eigenvalue weighted by molar-refractivity contribution is 7.90. The van der Waals surface area contributed by atoms with Gasteiger partial charge in [-0.2, -0.15) is 0 Å². The van der Waals surface area contributed by atoms with Gasteiger partial charge in [0.15, 0.2) is 0 Å². The number of sulfonamides is 1. The average Bonchev–Trinajstić information content (AvgIpc) is 1.85. The van der Waals surface area contributed by atoms with E-state index in [1.165, 1.54) is 0 Å². The van der Waals surface area contributed by atoms with Gasteiger partial charge in [-0.25, -0.2) is 13.1 Å². The Morgan fingerprint density at radius 3 is 2.08 bits per heavy atom. The fourth-order valence-corrected chi connectivity index (χ4v) is 1.75. The second kappa shape index (κ2) is 3.94. The summed E-state index contributed by atoms with van der Waals surface area (Å²) in [7, 11) is -3.20. The molecule has 0 radical (unpaired) electrons. The van der Waals surface area contributed by atoms with Gasteiger partial charge in [0.05, 0.1) is 5.25 Å². The fourth-order valence-electron chi connectivity index (χ4n) is 0.530. The second-order valence-electron chi connectivity index (χ2n) is 3.71. The van der Waals surface area contributed by atoms with Gasteiger partial charge in [0, 0.05) is 11.4 Å². The van der Waals surface area contributed by atoms with E-state index in [1.807, 2.05) is 0 Å². The first kappa shape index (κ1) is 12.2. The topological polar surface area (TPSA) is 46.2 Å². The zero-order chi connectivity index (χ0) is 9.99. The largest absolute Gasteiger partial charge is 0.214 e. The van der Waals surface area contributed by atoms with Crippen molar-refractivity contribution in [3.63, 3.8) is 0 Å². The van der Waals surface area contributed by atoms with Crippen molar-refractivity contribution in [2.45, 2.75) is 38.5 Å². The van der Waals surface area contributed by atoms with Crippen molar-refractivity contribution in [2.24, 2.45) is 0 Å². The first-order valence-electron chi connectivity index (χ1n) is 3.80. The predicted molar refractivity (Wildman–Crippen MR) is 52.0 cm³/mol. The standard InChI is InChI=1S/C7H16ClNO2S/c1-6(2)12(10,11)9-7(3,4)5-8/h6,9H,5H2,1-4H3. The van der Waals surface area contributed by atoms with E-state index in [9.17, 15) is 8.42 Å². The monoisotopic (exact) mass is 213 g/mol. The van der Waals surface area contributed by atoms with E-state index in [0.717, 1.165) is 0 Å². The van der Waals surface area contributed by atoms with Crippen molar-refractivity contribution < 1.29 is 8.42 Å². The lowest BCUT2D eigenvalue weighted by Crippen LogP contribution is -2.47. The molecule has 0 spiro atoms. The minimum Gasteiger partial charge on any atom is -0.212 e. The number of halogens is 1. The molecule has 0 aliphatic heterocycles. The molecule has 0 unspecified atom stereocenters. The lowest BCUT2D eigenvalue weighted by Gasteiger charge is -2.24. The molecular weight excluding hydrogens is 198 g/mol. The molecule has 0 aromatic heterocycles. The molecule has 0 aliphatic rings. The molecule has 0 aromatic carbocycles. The molecule has 0 amide bonds. The molecule has 0 bridgehead atoms. The molecule has 0 aliphatic carbocycles. The Bertz CT molecular complexity index is 234. The summed E-state index contributed by atoms with van der Waals surface area (Å²) in [4.78, 5) is 0. The first-order valence-corrected chi connectivity index (χ1v) is 5.88. The minimum atomic E-state index is -3.20. The van der Waals surface area contributed by atoms with E-state index in [1.54, 1.807) is 27.7 Å². The van der Waals surface area contributed by atoms with Crippen molar-refractivity contribution in [1.82, 2.24) is 4.72 Å². The fraction of sp³-hybridized carbons (Fsp3) is 1.00. The lowest BCUT2D eigenvalue weighted by atomic mass is 10.1. The van der Waals surface area contributed by atoms with Crippen LogP contribution in [0.4, 0.5) is 0 Å². The molecule has 74 valence electrons. The van der Waals surface area contributed by atoms with Crippen molar-refractivity contribution in [1.29, 1.82) is 0 Å². The summed E-state index contributed by atoms with van der Waals surface area (Å²) in [5.41, 5.74) is -0.565. The minimum absolute atomic E-state index is 0.263. The van der Waals surface area contributed by atoms with E-state index in [2.05, 4.69) is 4.72 Å². The molecule has 0 saturated carbocycles. The third-order valence-electron chi connectivity index (χ3n) is 1.37. The molecule has 3 nitrogen and oxygen atoms in total. The Labute approximate surface area is 79.5 Å². The zero-order valence-corrected chi connectivity index (χ0v) is 9.46. The molecular formula is C7H16ClNO2S. The van der Waals surface area contributed by atoms with Crippen LogP contribution in [0.5, 0.6) is 0 Å². The van der Waals surface area contributed by atoms with E-state index in [4.69, 9.17) is 11.6 Å². The summed E-state index contributed by atoms with van der Waals surface area (Å²) in [6.07, 6.45) is 0. The maximum atomic E-state index is 11.3. The van der Waals surface area contributed by atoms with E-state index in [0.29, 0.717) is 0 Å². The van der Waals surface area contributed by atoms with Crippen LogP contribution < -0.4 is 4.72 Å². The van der Waals surface area contributed by atoms with Crippen LogP contribution in [-0.2, 0) is 10.0 Å². The highest BCUT2D eigenvalue weighted by Crippen LogP contribution is 2.09. The van der Waals surface area contributed by atoms with Crippen molar-refractivity contribution >= 4 is 21.6 Å². The van der Waals surface area contributed by atoms with Gasteiger partial charge in [0.2, 0.25) is 10.0 Å². The van der Waals surface area contributed by atoms with Crippen LogP contribution >= 0.6 is 11.6 Å². The third kappa shape index (κ3) is 3.74. The van der Waals surface area contributed by atoms with E-state index < -0.39 is 20.8 Å². The van der Waals surface area contributed by atoms with Gasteiger partial charge in [-0.3, -0.25) is 0 Å². The quantitative estimate of drug-likeness (QED) is 0.717. The summed E-state index contributed by atoms with van der Waals surface area (Å²) < 4.78 is 25.2. The Hall–Kier alpha value is 0.200. The van der Waals surface area contributed by atoms with Gasteiger partial charge in [-0.15, -0.1) is 11.6 Å². The van der Waals surface area contributed by atoms with Crippen LogP contribution in [-0.4, -0.2) is 25.1 Å². The molecule has 0 aromatic rings. The first-order chi connectivity index (χ1) is 5.21. The Kier molecular flexibility index (Phi) is 4.00. The van der Waals surface area contributed by atoms with Crippen molar-refractivity contribution in [3.8, 4) is 0 Å². The number of hydrogen-bond acceptors (Lipinski definition) is 2. The number of rotatable bonds is 4. The summed E-state index contributed by atoms with van der Waals surface area (Å²) in [5.74, 6) is 0.263. The predicted octanol–water partition coefficient (Wildman–Crippen LogP) is 1.33. The summed E-state index contributed by atoms with van der Waals surface area (Å²) in [6, 6.07) is 0. The normalized spacial score (nSPS) is 13.8. The highest BCUT2D eigenvalue weighted by Gasteiger charge is 2.25. The summed E-state index contributed by atoms with van der Waals surface area (Å²) >= 11 is 5.58. The van der Waals surface area contributed by atoms with Crippen LogP contribution in [0.25, 0.3) is 0 Å². The molecule has 0 atom stereocenters. The smallest absolute Gasteiger partial charge is 0.212 e. The molecule has 12 heavy (non-hydrogen) atoms. The molecule has 5 heteroatoms. The highest BCUT2D eigenvalue weighted by atomic mass is 35.5.